The molecule has 3 heterocycles. The van der Waals surface area contributed by atoms with Crippen molar-refractivity contribution < 1.29 is 22.8 Å². The average Bonchev–Trinajstić information content (AvgIpc) is 3.11. The molecule has 1 aromatic heterocycles. The summed E-state index contributed by atoms with van der Waals surface area (Å²) >= 11 is -0.239. The molecule has 0 saturated carbocycles. The Kier molecular flexibility index (Phi) is 6.31. The Balaban J connectivity index is 1.40. The molecule has 5 rings (SSSR count). The van der Waals surface area contributed by atoms with Crippen LogP contribution in [-0.4, -0.2) is 47.0 Å². The second-order valence-electron chi connectivity index (χ2n) is 8.60. The molecule has 0 bridgehead atoms. The summed E-state index contributed by atoms with van der Waals surface area (Å²) in [5.41, 5.74) is -1.34. The van der Waals surface area contributed by atoms with E-state index in [1.807, 2.05) is 18.2 Å². The number of imide groups is 1. The van der Waals surface area contributed by atoms with Crippen LogP contribution in [0.25, 0.3) is 10.9 Å². The van der Waals surface area contributed by atoms with Gasteiger partial charge in [-0.1, -0.05) is 6.07 Å². The van der Waals surface area contributed by atoms with Gasteiger partial charge in [-0.3, -0.25) is 9.78 Å². The van der Waals surface area contributed by atoms with Gasteiger partial charge >= 0.3 is 11.5 Å². The molecule has 2 aliphatic rings. The van der Waals surface area contributed by atoms with Crippen LogP contribution in [-0.2, 0) is 11.3 Å². The molecule has 0 radical (unpaired) electrons. The Labute approximate surface area is 204 Å². The lowest BCUT2D eigenvalue weighted by Crippen LogP contribution is -2.33. The molecule has 0 aliphatic carbocycles. The van der Waals surface area contributed by atoms with Gasteiger partial charge in [0.1, 0.15) is 6.54 Å². The molecule has 0 atom stereocenters. The van der Waals surface area contributed by atoms with Crippen molar-refractivity contribution in [1.29, 1.82) is 0 Å². The predicted octanol–water partition coefficient (Wildman–Crippen LogP) is 5.81. The molecule has 6 nitrogen and oxygen atoms in total. The molecule has 2 aliphatic heterocycles. The van der Waals surface area contributed by atoms with Gasteiger partial charge in [0.25, 0.3) is 5.91 Å². The zero-order chi connectivity index (χ0) is 24.6. The van der Waals surface area contributed by atoms with Crippen LogP contribution in [0.3, 0.4) is 0 Å². The maximum atomic E-state index is 13.2. The Bertz CT molecular complexity index is 1250. The molecule has 35 heavy (non-hydrogen) atoms. The van der Waals surface area contributed by atoms with Crippen molar-refractivity contribution in [3.8, 4) is 0 Å². The molecule has 3 amide bonds. The Morgan fingerprint density at radius 2 is 1.69 bits per heavy atom. The molecule has 2 aromatic carbocycles. The van der Waals surface area contributed by atoms with E-state index in [1.54, 1.807) is 6.20 Å². The largest absolute Gasteiger partial charge is 0.446 e. The minimum Gasteiger partial charge on any atom is -0.371 e. The van der Waals surface area contributed by atoms with E-state index in [-0.39, 0.29) is 35.4 Å². The summed E-state index contributed by atoms with van der Waals surface area (Å²) in [5, 5.41) is 0.976. The van der Waals surface area contributed by atoms with Crippen LogP contribution in [0.5, 0.6) is 0 Å². The van der Waals surface area contributed by atoms with Crippen LogP contribution in [0, 0.1) is 0 Å². The number of urea groups is 1. The van der Waals surface area contributed by atoms with Gasteiger partial charge in [0.15, 0.2) is 0 Å². The number of carbonyl (C=O) groups is 2. The Hall–Kier alpha value is -3.27. The summed E-state index contributed by atoms with van der Waals surface area (Å²) in [7, 11) is 0. The van der Waals surface area contributed by atoms with Gasteiger partial charge < -0.3 is 9.80 Å². The Morgan fingerprint density at radius 3 is 2.40 bits per heavy atom. The lowest BCUT2D eigenvalue weighted by atomic mass is 10.0. The van der Waals surface area contributed by atoms with Crippen LogP contribution in [0.4, 0.5) is 29.3 Å². The van der Waals surface area contributed by atoms with Crippen molar-refractivity contribution in [2.45, 2.75) is 36.2 Å². The third-order valence-corrected chi connectivity index (χ3v) is 6.99. The van der Waals surface area contributed by atoms with Gasteiger partial charge in [0, 0.05) is 41.8 Å². The summed E-state index contributed by atoms with van der Waals surface area (Å²) in [6, 6.07) is 12.6. The number of nitrogens with zero attached hydrogens (tertiary/aromatic N) is 4. The van der Waals surface area contributed by atoms with Gasteiger partial charge in [-0.2, -0.15) is 13.2 Å². The van der Waals surface area contributed by atoms with Gasteiger partial charge in [0.05, 0.1) is 11.2 Å². The van der Waals surface area contributed by atoms with E-state index in [0.717, 1.165) is 53.0 Å². The summed E-state index contributed by atoms with van der Waals surface area (Å²) in [6.45, 7) is 2.05. The maximum absolute atomic E-state index is 13.2. The molecule has 10 heteroatoms. The monoisotopic (exact) mass is 500 g/mol. The number of piperidine rings is 1. The number of benzene rings is 2. The lowest BCUT2D eigenvalue weighted by Gasteiger charge is -2.30. The third-order valence-electron chi connectivity index (χ3n) is 6.25. The van der Waals surface area contributed by atoms with Gasteiger partial charge in [0.2, 0.25) is 0 Å². The zero-order valence-electron chi connectivity index (χ0n) is 18.8. The second kappa shape index (κ2) is 9.41. The summed E-state index contributed by atoms with van der Waals surface area (Å²) in [5.74, 6) is -0.416. The topological polar surface area (TPSA) is 56.8 Å². The van der Waals surface area contributed by atoms with E-state index in [9.17, 15) is 22.8 Å². The smallest absolute Gasteiger partial charge is 0.371 e. The van der Waals surface area contributed by atoms with Gasteiger partial charge in [-0.15, -0.1) is 0 Å². The summed E-state index contributed by atoms with van der Waals surface area (Å²) in [4.78, 5) is 35.2. The lowest BCUT2D eigenvalue weighted by molar-refractivity contribution is -0.116. The van der Waals surface area contributed by atoms with E-state index in [1.165, 1.54) is 35.6 Å². The van der Waals surface area contributed by atoms with E-state index >= 15 is 0 Å². The number of thioether (sulfide) groups is 1. The summed E-state index contributed by atoms with van der Waals surface area (Å²) in [6.07, 6.45) is 5.16. The van der Waals surface area contributed by atoms with E-state index in [0.29, 0.717) is 0 Å². The normalized spacial score (nSPS) is 17.1. The van der Waals surface area contributed by atoms with Crippen LogP contribution in [0.15, 0.2) is 59.6 Å². The van der Waals surface area contributed by atoms with Crippen molar-refractivity contribution in [2.24, 2.45) is 0 Å². The summed E-state index contributed by atoms with van der Waals surface area (Å²) < 4.78 is 37.8. The van der Waals surface area contributed by atoms with Crippen LogP contribution in [0.1, 0.15) is 24.8 Å². The fourth-order valence-corrected chi connectivity index (χ4v) is 5.26. The van der Waals surface area contributed by atoms with Gasteiger partial charge in [-0.05, 0) is 79.1 Å². The van der Waals surface area contributed by atoms with Gasteiger partial charge in [-0.25, -0.2) is 9.69 Å². The molecule has 182 valence electrons. The highest BCUT2D eigenvalue weighted by Gasteiger charge is 2.37. The molecular weight excluding hydrogens is 477 g/mol. The maximum Gasteiger partial charge on any atom is 0.446 e. The molecule has 2 fully saturated rings. The van der Waals surface area contributed by atoms with Crippen LogP contribution >= 0.6 is 11.8 Å². The highest BCUT2D eigenvalue weighted by atomic mass is 32.2. The number of fused-ring (bicyclic) bond motifs is 1. The quantitative estimate of drug-likeness (QED) is 0.327. The van der Waals surface area contributed by atoms with Crippen molar-refractivity contribution >= 4 is 46.0 Å². The second-order valence-corrected chi connectivity index (χ2v) is 9.74. The van der Waals surface area contributed by atoms with E-state index < -0.39 is 17.4 Å². The molecular formula is C25H23F3N4O2S. The highest BCUT2D eigenvalue weighted by Crippen LogP contribution is 2.38. The van der Waals surface area contributed by atoms with E-state index in [2.05, 4.69) is 16.0 Å². The highest BCUT2D eigenvalue weighted by molar-refractivity contribution is 8.00. The predicted molar refractivity (Wildman–Crippen MR) is 129 cm³/mol. The number of rotatable bonds is 5. The number of amides is 3. The molecule has 2 saturated heterocycles. The molecule has 0 unspecified atom stereocenters. The fourth-order valence-electron chi connectivity index (χ4n) is 4.72. The number of aromatic nitrogens is 1. The molecule has 0 spiro atoms. The number of hydrogen-bond acceptors (Lipinski definition) is 5. The van der Waals surface area contributed by atoms with Crippen molar-refractivity contribution in [2.75, 3.05) is 29.4 Å². The first kappa shape index (κ1) is 23.5. The Morgan fingerprint density at radius 1 is 0.943 bits per heavy atom. The number of pyridine rings is 1. The number of anilines is 2. The molecule has 0 N–H and O–H groups in total. The van der Waals surface area contributed by atoms with Crippen LogP contribution < -0.4 is 9.80 Å². The minimum absolute atomic E-state index is 0.00861. The average molecular weight is 501 g/mol. The van der Waals surface area contributed by atoms with Crippen molar-refractivity contribution in [3.63, 3.8) is 0 Å². The number of carbonyl (C=O) groups excluding carboxylic acids is 2. The third kappa shape index (κ3) is 4.93. The van der Waals surface area contributed by atoms with Crippen molar-refractivity contribution in [3.05, 3.63) is 60.3 Å². The number of alkyl halides is 3. The first-order valence-electron chi connectivity index (χ1n) is 11.4. The minimum atomic E-state index is -4.40. The number of hydrogen-bond donors (Lipinski definition) is 0. The first-order chi connectivity index (χ1) is 16.8. The molecule has 3 aromatic rings. The SMILES string of the molecule is O=C1CN(Cc2ccnc3cccc(N4CCCCC4)c23)C(=O)N1c1ccc(SC(F)(F)F)cc1. The van der Waals surface area contributed by atoms with Crippen molar-refractivity contribution in [1.82, 2.24) is 9.88 Å². The standard InChI is InChI=1S/C25H23F3N4O2S/c26-25(27,28)35-19-9-7-18(8-10-19)32-22(33)16-31(24(32)34)15-17-11-12-29-20-5-4-6-21(23(17)20)30-13-2-1-3-14-30/h4-12H,1-3,13-16H2. The zero-order valence-corrected chi connectivity index (χ0v) is 19.6. The van der Waals surface area contributed by atoms with E-state index in [4.69, 9.17) is 0 Å². The fraction of sp³-hybridized carbons (Fsp3) is 0.320. The number of halogens is 3. The van der Waals surface area contributed by atoms with Crippen LogP contribution in [0.2, 0.25) is 0 Å². The first-order valence-corrected chi connectivity index (χ1v) is 12.2.